The third-order valence-electron chi connectivity index (χ3n) is 3.19. The Morgan fingerprint density at radius 3 is 1.09 bits per heavy atom. The van der Waals surface area contributed by atoms with Gasteiger partial charge in [-0.1, -0.05) is 91.0 Å². The van der Waals surface area contributed by atoms with Crippen LogP contribution >= 0.6 is 21.6 Å². The molecule has 0 aromatic heterocycles. The second kappa shape index (κ2) is 11.0. The lowest BCUT2D eigenvalue weighted by Gasteiger charge is -2.01. The van der Waals surface area contributed by atoms with E-state index < -0.39 is 0 Å². The summed E-state index contributed by atoms with van der Waals surface area (Å²) in [6, 6.07) is 31.4. The molecule has 114 valence electrons. The first-order chi connectivity index (χ1) is 10.3. The molecule has 0 radical (unpaired) electrons. The SMILES string of the molecule is Cl.Pc1ccccc1.c1ccc(CCc2ccccc2)cc1. The lowest BCUT2D eigenvalue weighted by molar-refractivity contribution is 0.960. The Hall–Kier alpha value is -1.62. The van der Waals surface area contributed by atoms with Crippen molar-refractivity contribution in [2.24, 2.45) is 0 Å². The summed E-state index contributed by atoms with van der Waals surface area (Å²) in [6.45, 7) is 0. The van der Waals surface area contributed by atoms with E-state index in [0.717, 1.165) is 12.8 Å². The molecule has 3 rings (SSSR count). The summed E-state index contributed by atoms with van der Waals surface area (Å²) < 4.78 is 0. The van der Waals surface area contributed by atoms with Crippen molar-refractivity contribution in [3.8, 4) is 0 Å². The normalized spacial score (nSPS) is 9.14. The Morgan fingerprint density at radius 1 is 0.500 bits per heavy atom. The quantitative estimate of drug-likeness (QED) is 0.588. The van der Waals surface area contributed by atoms with Gasteiger partial charge in [-0.25, -0.2) is 0 Å². The summed E-state index contributed by atoms with van der Waals surface area (Å²) in [4.78, 5) is 0. The summed E-state index contributed by atoms with van der Waals surface area (Å²) in [5.41, 5.74) is 2.83. The predicted molar refractivity (Wildman–Crippen MR) is 103 cm³/mol. The number of aryl methyl sites for hydroxylation is 2. The number of hydrogen-bond donors (Lipinski definition) is 0. The second-order valence-corrected chi connectivity index (χ2v) is 5.55. The van der Waals surface area contributed by atoms with E-state index in [2.05, 4.69) is 69.9 Å². The summed E-state index contributed by atoms with van der Waals surface area (Å²) in [7, 11) is 2.63. The molecule has 3 aromatic rings. The van der Waals surface area contributed by atoms with Gasteiger partial charge in [0.25, 0.3) is 0 Å². The maximum Gasteiger partial charge on any atom is -0.0238 e. The van der Waals surface area contributed by atoms with Gasteiger partial charge >= 0.3 is 0 Å². The van der Waals surface area contributed by atoms with Gasteiger partial charge in [-0.2, -0.15) is 0 Å². The van der Waals surface area contributed by atoms with Gasteiger partial charge in [-0.05, 0) is 29.3 Å². The molecule has 2 heteroatoms. The topological polar surface area (TPSA) is 0 Å². The second-order valence-electron chi connectivity index (χ2n) is 4.88. The fraction of sp³-hybridized carbons (Fsp3) is 0.100. The Bertz CT molecular complexity index is 570. The summed E-state index contributed by atoms with van der Waals surface area (Å²) in [5.74, 6) is 0. The van der Waals surface area contributed by atoms with Crippen molar-refractivity contribution in [3.63, 3.8) is 0 Å². The van der Waals surface area contributed by atoms with E-state index >= 15 is 0 Å². The average molecular weight is 329 g/mol. The number of hydrogen-bond acceptors (Lipinski definition) is 0. The standard InChI is InChI=1S/C14H14.C6H7P.ClH/c1-3-7-13(8-4-1)11-12-14-9-5-2-6-10-14;7-6-4-2-1-3-5-6;/h1-10H,11-12H2;1-5H,7H2;1H. The average Bonchev–Trinajstić information content (AvgIpc) is 2.56. The van der Waals surface area contributed by atoms with Crippen molar-refractivity contribution in [2.45, 2.75) is 12.8 Å². The van der Waals surface area contributed by atoms with Gasteiger partial charge in [0.05, 0.1) is 0 Å². The molecule has 1 atom stereocenters. The van der Waals surface area contributed by atoms with Crippen LogP contribution in [0.4, 0.5) is 0 Å². The van der Waals surface area contributed by atoms with Gasteiger partial charge in [0.1, 0.15) is 0 Å². The minimum atomic E-state index is 0. The minimum Gasteiger partial charge on any atom is -0.147 e. The van der Waals surface area contributed by atoms with Crippen molar-refractivity contribution >= 4 is 27.0 Å². The van der Waals surface area contributed by atoms with Gasteiger partial charge < -0.3 is 0 Å². The number of rotatable bonds is 3. The first-order valence-corrected chi connectivity index (χ1v) is 7.81. The molecule has 3 aromatic carbocycles. The van der Waals surface area contributed by atoms with E-state index in [4.69, 9.17) is 0 Å². The fourth-order valence-electron chi connectivity index (χ4n) is 2.03. The summed E-state index contributed by atoms with van der Waals surface area (Å²) >= 11 is 0. The molecule has 0 saturated heterocycles. The molecular formula is C20H22ClP. The van der Waals surface area contributed by atoms with Gasteiger partial charge in [-0.15, -0.1) is 21.6 Å². The van der Waals surface area contributed by atoms with Crippen LogP contribution in [-0.2, 0) is 12.8 Å². The first-order valence-electron chi connectivity index (χ1n) is 7.23. The monoisotopic (exact) mass is 328 g/mol. The summed E-state index contributed by atoms with van der Waals surface area (Å²) in [6.07, 6.45) is 2.26. The molecule has 0 fully saturated rings. The van der Waals surface area contributed by atoms with Gasteiger partial charge in [0, 0.05) is 0 Å². The van der Waals surface area contributed by atoms with Crippen LogP contribution in [0.25, 0.3) is 0 Å². The van der Waals surface area contributed by atoms with Crippen molar-refractivity contribution in [1.29, 1.82) is 0 Å². The van der Waals surface area contributed by atoms with E-state index in [1.807, 2.05) is 30.3 Å². The van der Waals surface area contributed by atoms with Gasteiger partial charge in [0.2, 0.25) is 0 Å². The zero-order valence-corrected chi connectivity index (χ0v) is 14.5. The van der Waals surface area contributed by atoms with Crippen LogP contribution in [0, 0.1) is 0 Å². The molecule has 22 heavy (non-hydrogen) atoms. The molecule has 0 nitrogen and oxygen atoms in total. The predicted octanol–water partition coefficient (Wildman–Crippen LogP) is 5.08. The van der Waals surface area contributed by atoms with E-state index in [0.29, 0.717) is 0 Å². The minimum absolute atomic E-state index is 0. The highest BCUT2D eigenvalue weighted by molar-refractivity contribution is 7.27. The zero-order chi connectivity index (χ0) is 14.8. The molecule has 0 aliphatic heterocycles. The number of benzene rings is 3. The number of halogens is 1. The third kappa shape index (κ3) is 7.41. The van der Waals surface area contributed by atoms with Crippen molar-refractivity contribution < 1.29 is 0 Å². The molecule has 1 unspecified atom stereocenters. The Morgan fingerprint density at radius 2 is 0.818 bits per heavy atom. The summed E-state index contributed by atoms with van der Waals surface area (Å²) in [5, 5.41) is 1.24. The lowest BCUT2D eigenvalue weighted by Crippen LogP contribution is -1.89. The molecular weight excluding hydrogens is 307 g/mol. The van der Waals surface area contributed by atoms with Crippen LogP contribution in [0.3, 0.4) is 0 Å². The van der Waals surface area contributed by atoms with Gasteiger partial charge in [-0.3, -0.25) is 0 Å². The molecule has 0 spiro atoms. The highest BCUT2D eigenvalue weighted by atomic mass is 35.5. The zero-order valence-electron chi connectivity index (χ0n) is 12.6. The molecule has 0 aliphatic rings. The van der Waals surface area contributed by atoms with Crippen LogP contribution in [-0.4, -0.2) is 0 Å². The fourth-order valence-corrected chi connectivity index (χ4v) is 2.25. The highest BCUT2D eigenvalue weighted by Crippen LogP contribution is 2.06. The lowest BCUT2D eigenvalue weighted by atomic mass is 10.0. The van der Waals surface area contributed by atoms with Crippen LogP contribution < -0.4 is 5.30 Å². The maximum atomic E-state index is 2.63. The third-order valence-corrected chi connectivity index (χ3v) is 3.57. The molecule has 0 heterocycles. The molecule has 0 amide bonds. The molecule has 0 N–H and O–H groups in total. The Balaban J connectivity index is 0.000000258. The van der Waals surface area contributed by atoms with Crippen molar-refractivity contribution in [1.82, 2.24) is 0 Å². The smallest absolute Gasteiger partial charge is 0.0238 e. The van der Waals surface area contributed by atoms with E-state index in [1.165, 1.54) is 16.4 Å². The van der Waals surface area contributed by atoms with E-state index in [-0.39, 0.29) is 12.4 Å². The van der Waals surface area contributed by atoms with Crippen LogP contribution in [0.5, 0.6) is 0 Å². The Labute approximate surface area is 142 Å². The molecule has 0 bridgehead atoms. The largest absolute Gasteiger partial charge is 0.147 e. The van der Waals surface area contributed by atoms with Crippen LogP contribution in [0.2, 0.25) is 0 Å². The van der Waals surface area contributed by atoms with E-state index in [1.54, 1.807) is 0 Å². The van der Waals surface area contributed by atoms with E-state index in [9.17, 15) is 0 Å². The molecule has 0 aliphatic carbocycles. The van der Waals surface area contributed by atoms with Crippen molar-refractivity contribution in [2.75, 3.05) is 0 Å². The molecule has 0 saturated carbocycles. The highest BCUT2D eigenvalue weighted by Gasteiger charge is 1.93. The maximum absolute atomic E-state index is 2.63. The van der Waals surface area contributed by atoms with Crippen LogP contribution in [0.15, 0.2) is 91.0 Å². The van der Waals surface area contributed by atoms with Gasteiger partial charge in [0.15, 0.2) is 0 Å². The van der Waals surface area contributed by atoms with Crippen molar-refractivity contribution in [3.05, 3.63) is 102 Å². The Kier molecular flexibility index (Phi) is 9.23. The van der Waals surface area contributed by atoms with Crippen LogP contribution in [0.1, 0.15) is 11.1 Å². The first kappa shape index (κ1) is 18.4.